The second kappa shape index (κ2) is 5.75. The van der Waals surface area contributed by atoms with Crippen LogP contribution in [0.4, 0.5) is 5.82 Å². The number of carbonyl (C=O) groups is 1. The molecule has 5 nitrogen and oxygen atoms in total. The number of nitrogens with one attached hydrogen (secondary N) is 1. The van der Waals surface area contributed by atoms with E-state index in [0.29, 0.717) is 18.2 Å². The summed E-state index contributed by atoms with van der Waals surface area (Å²) in [6.45, 7) is 6.87. The summed E-state index contributed by atoms with van der Waals surface area (Å²) in [6.07, 6.45) is 0.430. The smallest absolute Gasteiger partial charge is 0.225 e. The first kappa shape index (κ1) is 14.5. The van der Waals surface area contributed by atoms with Crippen LogP contribution in [0.25, 0.3) is 21.9 Å². The van der Waals surface area contributed by atoms with Crippen molar-refractivity contribution < 1.29 is 4.79 Å². The third-order valence-electron chi connectivity index (χ3n) is 3.54. The van der Waals surface area contributed by atoms with Crippen molar-refractivity contribution >= 4 is 33.7 Å². The molecule has 2 aromatic heterocycles. The van der Waals surface area contributed by atoms with Crippen LogP contribution in [0, 0.1) is 5.92 Å². The predicted molar refractivity (Wildman–Crippen MR) is 88.8 cm³/mol. The van der Waals surface area contributed by atoms with E-state index in [9.17, 15) is 4.79 Å². The van der Waals surface area contributed by atoms with Crippen LogP contribution in [0.5, 0.6) is 0 Å². The van der Waals surface area contributed by atoms with Gasteiger partial charge in [0.05, 0.1) is 10.9 Å². The number of para-hydroxylation sites is 1. The number of aromatic nitrogens is 3. The van der Waals surface area contributed by atoms with Gasteiger partial charge in [-0.2, -0.15) is 5.10 Å². The number of anilines is 1. The Bertz CT molecular complexity index is 835. The van der Waals surface area contributed by atoms with Gasteiger partial charge in [-0.05, 0) is 18.1 Å². The summed E-state index contributed by atoms with van der Waals surface area (Å²) < 4.78 is 1.89. The molecule has 0 aliphatic carbocycles. The SMILES string of the molecule is CCC(=O)Nc1nn(CC(C)C)c2nc3ccccc3cc12. The van der Waals surface area contributed by atoms with Crippen molar-refractivity contribution in [3.63, 3.8) is 0 Å². The van der Waals surface area contributed by atoms with Gasteiger partial charge < -0.3 is 5.32 Å². The Balaban J connectivity index is 2.21. The molecule has 0 radical (unpaired) electrons. The van der Waals surface area contributed by atoms with Gasteiger partial charge in [-0.1, -0.05) is 39.0 Å². The van der Waals surface area contributed by atoms with Gasteiger partial charge in [-0.3, -0.25) is 4.79 Å². The lowest BCUT2D eigenvalue weighted by atomic mass is 10.2. The van der Waals surface area contributed by atoms with Crippen LogP contribution in [0.1, 0.15) is 27.2 Å². The summed E-state index contributed by atoms with van der Waals surface area (Å²) in [4.78, 5) is 16.5. The van der Waals surface area contributed by atoms with Crippen LogP contribution in [-0.2, 0) is 11.3 Å². The first-order valence-electron chi connectivity index (χ1n) is 7.64. The lowest BCUT2D eigenvalue weighted by molar-refractivity contribution is -0.115. The van der Waals surface area contributed by atoms with E-state index >= 15 is 0 Å². The summed E-state index contributed by atoms with van der Waals surface area (Å²) in [5.41, 5.74) is 1.76. The molecule has 1 aromatic carbocycles. The number of benzene rings is 1. The number of fused-ring (bicyclic) bond motifs is 2. The van der Waals surface area contributed by atoms with E-state index in [0.717, 1.165) is 28.5 Å². The molecule has 3 aromatic rings. The summed E-state index contributed by atoms with van der Waals surface area (Å²) in [5, 5.41) is 9.38. The highest BCUT2D eigenvalue weighted by atomic mass is 16.1. The molecule has 22 heavy (non-hydrogen) atoms. The van der Waals surface area contributed by atoms with Crippen LogP contribution in [-0.4, -0.2) is 20.7 Å². The van der Waals surface area contributed by atoms with Crippen molar-refractivity contribution in [3.8, 4) is 0 Å². The Morgan fingerprint density at radius 1 is 1.32 bits per heavy atom. The Morgan fingerprint density at radius 3 is 2.82 bits per heavy atom. The number of hydrogen-bond donors (Lipinski definition) is 1. The van der Waals surface area contributed by atoms with Crippen molar-refractivity contribution in [2.45, 2.75) is 33.7 Å². The molecule has 0 bridgehead atoms. The molecule has 1 N–H and O–H groups in total. The number of nitrogens with zero attached hydrogens (tertiary/aromatic N) is 3. The van der Waals surface area contributed by atoms with Crippen LogP contribution < -0.4 is 5.32 Å². The van der Waals surface area contributed by atoms with Gasteiger partial charge >= 0.3 is 0 Å². The predicted octanol–water partition coefficient (Wildman–Crippen LogP) is 3.59. The van der Waals surface area contributed by atoms with Crippen molar-refractivity contribution in [2.75, 3.05) is 5.32 Å². The summed E-state index contributed by atoms with van der Waals surface area (Å²) in [6, 6.07) is 10.0. The van der Waals surface area contributed by atoms with E-state index in [4.69, 9.17) is 4.98 Å². The van der Waals surface area contributed by atoms with Gasteiger partial charge in [0.1, 0.15) is 0 Å². The third-order valence-corrected chi connectivity index (χ3v) is 3.54. The normalized spacial score (nSPS) is 11.5. The van der Waals surface area contributed by atoms with E-state index in [1.807, 2.05) is 41.9 Å². The molecule has 0 spiro atoms. The van der Waals surface area contributed by atoms with Crippen molar-refractivity contribution in [2.24, 2.45) is 5.92 Å². The van der Waals surface area contributed by atoms with Gasteiger partial charge in [-0.15, -0.1) is 0 Å². The average Bonchev–Trinajstić information content (AvgIpc) is 2.81. The Hall–Kier alpha value is -2.43. The molecule has 0 aliphatic rings. The second-order valence-corrected chi connectivity index (χ2v) is 5.88. The van der Waals surface area contributed by atoms with Crippen molar-refractivity contribution in [1.82, 2.24) is 14.8 Å². The fourth-order valence-corrected chi connectivity index (χ4v) is 2.48. The maximum absolute atomic E-state index is 11.7. The summed E-state index contributed by atoms with van der Waals surface area (Å²) >= 11 is 0. The maximum Gasteiger partial charge on any atom is 0.225 e. The molecule has 3 rings (SSSR count). The topological polar surface area (TPSA) is 59.8 Å². The van der Waals surface area contributed by atoms with Crippen LogP contribution in [0.15, 0.2) is 30.3 Å². The fraction of sp³-hybridized carbons (Fsp3) is 0.353. The van der Waals surface area contributed by atoms with E-state index in [-0.39, 0.29) is 5.91 Å². The van der Waals surface area contributed by atoms with Gasteiger partial charge in [-0.25, -0.2) is 9.67 Å². The molecule has 5 heteroatoms. The molecule has 1 amide bonds. The monoisotopic (exact) mass is 296 g/mol. The highest BCUT2D eigenvalue weighted by Crippen LogP contribution is 2.26. The minimum absolute atomic E-state index is 0.0377. The van der Waals surface area contributed by atoms with Crippen molar-refractivity contribution in [3.05, 3.63) is 30.3 Å². The molecule has 0 atom stereocenters. The lowest BCUT2D eigenvalue weighted by Gasteiger charge is -2.05. The van der Waals surface area contributed by atoms with Crippen LogP contribution in [0.3, 0.4) is 0 Å². The molecule has 0 saturated heterocycles. The first-order chi connectivity index (χ1) is 10.6. The second-order valence-electron chi connectivity index (χ2n) is 5.88. The molecule has 0 saturated carbocycles. The lowest BCUT2D eigenvalue weighted by Crippen LogP contribution is -2.11. The average molecular weight is 296 g/mol. The van der Waals surface area contributed by atoms with E-state index in [1.54, 1.807) is 0 Å². The van der Waals surface area contributed by atoms with Crippen molar-refractivity contribution in [1.29, 1.82) is 0 Å². The largest absolute Gasteiger partial charge is 0.309 e. The van der Waals surface area contributed by atoms with E-state index < -0.39 is 0 Å². The number of rotatable bonds is 4. The Morgan fingerprint density at radius 2 is 2.09 bits per heavy atom. The number of carbonyl (C=O) groups excluding carboxylic acids is 1. The molecular weight excluding hydrogens is 276 g/mol. The minimum atomic E-state index is -0.0377. The zero-order valence-electron chi connectivity index (χ0n) is 13.1. The van der Waals surface area contributed by atoms with E-state index in [2.05, 4.69) is 24.3 Å². The highest BCUT2D eigenvalue weighted by Gasteiger charge is 2.15. The molecular formula is C17H20N4O. The number of pyridine rings is 1. The zero-order chi connectivity index (χ0) is 15.7. The van der Waals surface area contributed by atoms with Gasteiger partial charge in [0, 0.05) is 18.4 Å². The quantitative estimate of drug-likeness (QED) is 0.800. The third kappa shape index (κ3) is 2.66. The van der Waals surface area contributed by atoms with E-state index in [1.165, 1.54) is 0 Å². The fourth-order valence-electron chi connectivity index (χ4n) is 2.48. The van der Waals surface area contributed by atoms with Crippen LogP contribution in [0.2, 0.25) is 0 Å². The molecule has 0 unspecified atom stereocenters. The minimum Gasteiger partial charge on any atom is -0.309 e. The first-order valence-corrected chi connectivity index (χ1v) is 7.64. The Labute approximate surface area is 129 Å². The molecule has 0 aliphatic heterocycles. The standard InChI is InChI=1S/C17H20N4O/c1-4-15(22)19-16-13-9-12-7-5-6-8-14(12)18-17(13)21(20-16)10-11(2)3/h5-9,11H,4,10H2,1-3H3,(H,19,20,22). The maximum atomic E-state index is 11.7. The molecule has 0 fully saturated rings. The zero-order valence-corrected chi connectivity index (χ0v) is 13.1. The number of amides is 1. The van der Waals surface area contributed by atoms with Crippen LogP contribution >= 0.6 is 0 Å². The highest BCUT2D eigenvalue weighted by molar-refractivity contribution is 6.02. The van der Waals surface area contributed by atoms with Gasteiger partial charge in [0.15, 0.2) is 11.5 Å². The molecule has 114 valence electrons. The Kier molecular flexibility index (Phi) is 3.79. The molecule has 2 heterocycles. The van der Waals surface area contributed by atoms with Gasteiger partial charge in [0.2, 0.25) is 5.91 Å². The van der Waals surface area contributed by atoms with Gasteiger partial charge in [0.25, 0.3) is 0 Å². The number of hydrogen-bond acceptors (Lipinski definition) is 3. The summed E-state index contributed by atoms with van der Waals surface area (Å²) in [7, 11) is 0. The summed E-state index contributed by atoms with van der Waals surface area (Å²) in [5.74, 6) is 1.01.